The summed E-state index contributed by atoms with van der Waals surface area (Å²) in [6.45, 7) is 4.88. The number of carbonyl (C=O) groups is 1. The Kier molecular flexibility index (Phi) is 6.42. The highest BCUT2D eigenvalue weighted by atomic mass is 79.9. The molecule has 1 rings (SSSR count). The number of carboxylic acids is 1. The minimum atomic E-state index is -0.738. The summed E-state index contributed by atoms with van der Waals surface area (Å²) in [5.74, 6) is -0.738. The first-order valence-electron chi connectivity index (χ1n) is 6.18. The van der Waals surface area contributed by atoms with E-state index >= 15 is 0 Å². The van der Waals surface area contributed by atoms with E-state index in [9.17, 15) is 9.90 Å². The molecule has 1 heterocycles. The third-order valence-electron chi connectivity index (χ3n) is 3.52. The van der Waals surface area contributed by atoms with Gasteiger partial charge in [0.25, 0.3) is 0 Å². The standard InChI is InChI=1S/C13H18Br2N2O2/c1-3-13(4-2,12(18)19)8-17-5-9-10(14)6-16-7-11(9)15/h6-7,17H,3-5,8H2,1-2H3,(H,18,19). The molecule has 0 saturated carbocycles. The molecule has 1 aromatic heterocycles. The van der Waals surface area contributed by atoms with Crippen molar-refractivity contribution in [3.05, 3.63) is 26.9 Å². The smallest absolute Gasteiger partial charge is 0.310 e. The third kappa shape index (κ3) is 4.00. The van der Waals surface area contributed by atoms with Gasteiger partial charge in [-0.05, 0) is 50.3 Å². The molecular weight excluding hydrogens is 376 g/mol. The Morgan fingerprint density at radius 1 is 1.32 bits per heavy atom. The summed E-state index contributed by atoms with van der Waals surface area (Å²) in [7, 11) is 0. The van der Waals surface area contributed by atoms with Crippen LogP contribution >= 0.6 is 31.9 Å². The Balaban J connectivity index is 2.70. The van der Waals surface area contributed by atoms with Gasteiger partial charge in [-0.1, -0.05) is 13.8 Å². The maximum absolute atomic E-state index is 11.4. The summed E-state index contributed by atoms with van der Waals surface area (Å²) in [5.41, 5.74) is 0.355. The van der Waals surface area contributed by atoms with Gasteiger partial charge in [0.15, 0.2) is 0 Å². The lowest BCUT2D eigenvalue weighted by Crippen LogP contribution is -2.40. The van der Waals surface area contributed by atoms with Crippen LogP contribution in [0.2, 0.25) is 0 Å². The van der Waals surface area contributed by atoms with Crippen LogP contribution < -0.4 is 5.32 Å². The lowest BCUT2D eigenvalue weighted by atomic mass is 9.82. The fourth-order valence-electron chi connectivity index (χ4n) is 1.91. The second kappa shape index (κ2) is 7.36. The fraction of sp³-hybridized carbons (Fsp3) is 0.538. The van der Waals surface area contributed by atoms with E-state index in [1.807, 2.05) is 13.8 Å². The second-order valence-corrected chi connectivity index (χ2v) is 6.19. The highest BCUT2D eigenvalue weighted by molar-refractivity contribution is 9.11. The van der Waals surface area contributed by atoms with E-state index in [4.69, 9.17) is 0 Å². The number of nitrogens with one attached hydrogen (secondary N) is 1. The average molecular weight is 394 g/mol. The SMILES string of the molecule is CCC(CC)(CNCc1c(Br)cncc1Br)C(=O)O. The molecule has 0 saturated heterocycles. The number of nitrogens with zero attached hydrogens (tertiary/aromatic N) is 1. The predicted molar refractivity (Wildman–Crippen MR) is 82.0 cm³/mol. The van der Waals surface area contributed by atoms with Crippen LogP contribution in [-0.4, -0.2) is 22.6 Å². The molecule has 2 N–H and O–H groups in total. The van der Waals surface area contributed by atoms with Crippen molar-refractivity contribution < 1.29 is 9.90 Å². The third-order valence-corrected chi connectivity index (χ3v) is 4.89. The summed E-state index contributed by atoms with van der Waals surface area (Å²) in [4.78, 5) is 15.4. The highest BCUT2D eigenvalue weighted by Gasteiger charge is 2.34. The molecule has 0 aliphatic rings. The van der Waals surface area contributed by atoms with Crippen LogP contribution in [0.15, 0.2) is 21.3 Å². The van der Waals surface area contributed by atoms with Crippen LogP contribution in [0.1, 0.15) is 32.3 Å². The van der Waals surface area contributed by atoms with E-state index in [0.717, 1.165) is 14.5 Å². The summed E-state index contributed by atoms with van der Waals surface area (Å²) >= 11 is 6.88. The van der Waals surface area contributed by atoms with Gasteiger partial charge in [-0.3, -0.25) is 9.78 Å². The van der Waals surface area contributed by atoms with Crippen molar-refractivity contribution in [3.8, 4) is 0 Å². The quantitative estimate of drug-likeness (QED) is 0.742. The molecule has 0 spiro atoms. The molecule has 6 heteroatoms. The van der Waals surface area contributed by atoms with E-state index in [-0.39, 0.29) is 0 Å². The highest BCUT2D eigenvalue weighted by Crippen LogP contribution is 2.27. The first kappa shape index (κ1) is 16.6. The first-order valence-corrected chi connectivity index (χ1v) is 7.77. The molecular formula is C13H18Br2N2O2. The fourth-order valence-corrected chi connectivity index (χ4v) is 3.12. The van der Waals surface area contributed by atoms with Crippen LogP contribution in [0.25, 0.3) is 0 Å². The molecule has 0 aliphatic carbocycles. The zero-order valence-corrected chi connectivity index (χ0v) is 14.2. The summed E-state index contributed by atoms with van der Waals surface area (Å²) in [6.07, 6.45) is 4.69. The minimum absolute atomic E-state index is 0.455. The Hall–Kier alpha value is -0.460. The Morgan fingerprint density at radius 3 is 2.26 bits per heavy atom. The van der Waals surface area contributed by atoms with Gasteiger partial charge in [0.05, 0.1) is 5.41 Å². The van der Waals surface area contributed by atoms with Gasteiger partial charge >= 0.3 is 5.97 Å². The molecule has 1 aromatic rings. The zero-order chi connectivity index (χ0) is 14.5. The molecule has 4 nitrogen and oxygen atoms in total. The van der Waals surface area contributed by atoms with Gasteiger partial charge in [-0.25, -0.2) is 0 Å². The maximum atomic E-state index is 11.4. The van der Waals surface area contributed by atoms with Crippen molar-refractivity contribution in [2.75, 3.05) is 6.54 Å². The predicted octanol–water partition coefficient (Wildman–Crippen LogP) is 3.59. The summed E-state index contributed by atoms with van der Waals surface area (Å²) < 4.78 is 1.81. The van der Waals surface area contributed by atoms with Crippen LogP contribution in [0.3, 0.4) is 0 Å². The molecule has 0 atom stereocenters. The van der Waals surface area contributed by atoms with Gasteiger partial charge in [0.2, 0.25) is 0 Å². The number of carboxylic acid groups (broad SMARTS) is 1. The Labute approximate surface area is 130 Å². The van der Waals surface area contributed by atoms with Gasteiger partial charge in [-0.2, -0.15) is 0 Å². The number of halogens is 2. The van der Waals surface area contributed by atoms with E-state index < -0.39 is 11.4 Å². The number of hydrogen-bond acceptors (Lipinski definition) is 3. The van der Waals surface area contributed by atoms with Crippen LogP contribution in [0.4, 0.5) is 0 Å². The number of pyridine rings is 1. The van der Waals surface area contributed by atoms with Gasteiger partial charge in [0, 0.05) is 34.4 Å². The topological polar surface area (TPSA) is 62.2 Å². The Bertz CT molecular complexity index is 428. The largest absolute Gasteiger partial charge is 0.481 e. The monoisotopic (exact) mass is 392 g/mol. The number of rotatable bonds is 7. The Morgan fingerprint density at radius 2 is 1.84 bits per heavy atom. The van der Waals surface area contributed by atoms with E-state index in [0.29, 0.717) is 25.9 Å². The number of aliphatic carboxylic acids is 1. The normalized spacial score (nSPS) is 11.6. The average Bonchev–Trinajstić information content (AvgIpc) is 2.38. The molecule has 0 bridgehead atoms. The van der Waals surface area contributed by atoms with Crippen molar-refractivity contribution in [1.82, 2.24) is 10.3 Å². The van der Waals surface area contributed by atoms with E-state index in [1.54, 1.807) is 12.4 Å². The number of aromatic nitrogens is 1. The minimum Gasteiger partial charge on any atom is -0.481 e. The maximum Gasteiger partial charge on any atom is 0.310 e. The van der Waals surface area contributed by atoms with Gasteiger partial charge < -0.3 is 10.4 Å². The summed E-state index contributed by atoms with van der Waals surface area (Å²) in [5, 5.41) is 12.6. The molecule has 106 valence electrons. The van der Waals surface area contributed by atoms with Crippen molar-refractivity contribution in [2.24, 2.45) is 5.41 Å². The molecule has 0 aliphatic heterocycles. The van der Waals surface area contributed by atoms with E-state index in [2.05, 4.69) is 42.2 Å². The van der Waals surface area contributed by atoms with Crippen LogP contribution in [0.5, 0.6) is 0 Å². The van der Waals surface area contributed by atoms with Crippen LogP contribution in [-0.2, 0) is 11.3 Å². The van der Waals surface area contributed by atoms with Crippen molar-refractivity contribution >= 4 is 37.8 Å². The summed E-state index contributed by atoms with van der Waals surface area (Å²) in [6, 6.07) is 0. The zero-order valence-electron chi connectivity index (χ0n) is 11.0. The van der Waals surface area contributed by atoms with Crippen LogP contribution in [0, 0.1) is 5.41 Å². The molecule has 0 unspecified atom stereocenters. The lowest BCUT2D eigenvalue weighted by Gasteiger charge is -2.27. The van der Waals surface area contributed by atoms with Crippen molar-refractivity contribution in [3.63, 3.8) is 0 Å². The van der Waals surface area contributed by atoms with Crippen molar-refractivity contribution in [2.45, 2.75) is 33.2 Å². The van der Waals surface area contributed by atoms with Crippen molar-refractivity contribution in [1.29, 1.82) is 0 Å². The molecule has 0 aromatic carbocycles. The van der Waals surface area contributed by atoms with Gasteiger partial charge in [-0.15, -0.1) is 0 Å². The molecule has 0 amide bonds. The lowest BCUT2D eigenvalue weighted by molar-refractivity contribution is -0.149. The van der Waals surface area contributed by atoms with Gasteiger partial charge in [0.1, 0.15) is 0 Å². The first-order chi connectivity index (χ1) is 8.96. The molecule has 19 heavy (non-hydrogen) atoms. The molecule has 0 fully saturated rings. The second-order valence-electron chi connectivity index (χ2n) is 4.48. The number of hydrogen-bond donors (Lipinski definition) is 2. The van der Waals surface area contributed by atoms with E-state index in [1.165, 1.54) is 0 Å². The molecule has 0 radical (unpaired) electrons.